The number of carbonyl (C=O) groups is 1. The molecule has 0 heterocycles. The van der Waals surface area contributed by atoms with Crippen molar-refractivity contribution >= 4 is 5.97 Å². The van der Waals surface area contributed by atoms with Crippen LogP contribution in [-0.2, 0) is 23.6 Å². The minimum atomic E-state index is -1.45. The molecule has 3 aromatic rings. The number of benzene rings is 3. The van der Waals surface area contributed by atoms with Crippen LogP contribution in [0.4, 0.5) is 4.39 Å². The highest BCUT2D eigenvalue weighted by molar-refractivity contribution is 5.89. The average molecular weight is 452 g/mol. The second-order valence-electron chi connectivity index (χ2n) is 8.37. The van der Waals surface area contributed by atoms with Gasteiger partial charge in [-0.1, -0.05) is 48.5 Å². The lowest BCUT2D eigenvalue weighted by Gasteiger charge is -2.32. The first-order valence-electron chi connectivity index (χ1n) is 10.9. The Morgan fingerprint density at radius 3 is 2.36 bits per heavy atom. The van der Waals surface area contributed by atoms with E-state index in [-0.39, 0.29) is 18.8 Å². The van der Waals surface area contributed by atoms with Crippen molar-refractivity contribution in [3.8, 4) is 0 Å². The maximum atomic E-state index is 13.5. The monoisotopic (exact) mass is 451 g/mol. The number of hydrogen-bond donors (Lipinski definition) is 2. The van der Waals surface area contributed by atoms with Crippen molar-refractivity contribution in [2.45, 2.75) is 31.7 Å². The zero-order valence-corrected chi connectivity index (χ0v) is 19.0. The third-order valence-electron chi connectivity index (χ3n) is 5.64. The first kappa shape index (κ1) is 24.6. The summed E-state index contributed by atoms with van der Waals surface area (Å²) < 4.78 is 18.9. The fourth-order valence-electron chi connectivity index (χ4n) is 3.87. The molecule has 174 valence electrons. The van der Waals surface area contributed by atoms with Crippen LogP contribution in [0, 0.1) is 5.82 Å². The number of halogens is 1. The van der Waals surface area contributed by atoms with Crippen LogP contribution in [0.3, 0.4) is 0 Å². The van der Waals surface area contributed by atoms with Crippen LogP contribution < -0.4 is 0 Å². The molecular weight excluding hydrogens is 421 g/mol. The Morgan fingerprint density at radius 1 is 1.03 bits per heavy atom. The molecule has 0 aliphatic carbocycles. The van der Waals surface area contributed by atoms with E-state index in [4.69, 9.17) is 4.74 Å². The molecule has 0 aliphatic rings. The molecule has 33 heavy (non-hydrogen) atoms. The molecule has 0 radical (unpaired) electrons. The van der Waals surface area contributed by atoms with Crippen molar-refractivity contribution in [3.63, 3.8) is 0 Å². The molecule has 5 nitrogen and oxygen atoms in total. The molecule has 0 aromatic heterocycles. The normalized spacial score (nSPS) is 13.0. The Labute approximate surface area is 194 Å². The summed E-state index contributed by atoms with van der Waals surface area (Å²) >= 11 is 0. The molecule has 0 fully saturated rings. The van der Waals surface area contributed by atoms with E-state index >= 15 is 0 Å². The molecule has 3 aromatic carbocycles. The highest BCUT2D eigenvalue weighted by atomic mass is 19.1. The van der Waals surface area contributed by atoms with E-state index in [1.807, 2.05) is 49.3 Å². The third-order valence-corrected chi connectivity index (χ3v) is 5.64. The van der Waals surface area contributed by atoms with Crippen molar-refractivity contribution in [1.29, 1.82) is 0 Å². The van der Waals surface area contributed by atoms with Gasteiger partial charge in [0.05, 0.1) is 12.2 Å². The van der Waals surface area contributed by atoms with E-state index in [0.717, 1.165) is 12.1 Å². The van der Waals surface area contributed by atoms with Gasteiger partial charge in [-0.2, -0.15) is 0 Å². The lowest BCUT2D eigenvalue weighted by molar-refractivity contribution is 0.0470. The Hall–Kier alpha value is -3.06. The second kappa shape index (κ2) is 11.2. The van der Waals surface area contributed by atoms with E-state index in [0.29, 0.717) is 29.5 Å². The molecule has 1 unspecified atom stereocenters. The molecule has 2 N–H and O–H groups in total. The van der Waals surface area contributed by atoms with Crippen LogP contribution in [-0.4, -0.2) is 41.7 Å². The molecule has 1 atom stereocenters. The van der Waals surface area contributed by atoms with Gasteiger partial charge in [0.15, 0.2) is 0 Å². The number of nitrogens with zero attached hydrogens (tertiary/aromatic N) is 1. The van der Waals surface area contributed by atoms with E-state index in [1.165, 1.54) is 12.1 Å². The first-order chi connectivity index (χ1) is 15.8. The number of aliphatic hydroxyl groups excluding tert-OH is 1. The minimum Gasteiger partial charge on any atom is -0.457 e. The van der Waals surface area contributed by atoms with Gasteiger partial charge in [0, 0.05) is 0 Å². The minimum absolute atomic E-state index is 0.139. The van der Waals surface area contributed by atoms with Gasteiger partial charge in [-0.3, -0.25) is 0 Å². The molecular formula is C27H30FNO4. The molecule has 6 heteroatoms. The summed E-state index contributed by atoms with van der Waals surface area (Å²) in [4.78, 5) is 14.6. The van der Waals surface area contributed by atoms with E-state index in [9.17, 15) is 19.4 Å². The van der Waals surface area contributed by atoms with Gasteiger partial charge in [0.25, 0.3) is 0 Å². The first-order valence-corrected chi connectivity index (χ1v) is 10.9. The maximum absolute atomic E-state index is 13.5. The SMILES string of the molecule is CN(C)CCCC(O)(c1ccc(F)cc1)c1ccc(C(=O)OCc2ccccc2)cc1CO. The van der Waals surface area contributed by atoms with E-state index in [2.05, 4.69) is 0 Å². The molecule has 0 amide bonds. The van der Waals surface area contributed by atoms with Crippen molar-refractivity contribution < 1.29 is 24.1 Å². The summed E-state index contributed by atoms with van der Waals surface area (Å²) in [6.07, 6.45) is 1.04. The number of carbonyl (C=O) groups excluding carboxylic acids is 1. The van der Waals surface area contributed by atoms with Gasteiger partial charge in [-0.05, 0) is 80.0 Å². The van der Waals surface area contributed by atoms with Crippen molar-refractivity contribution in [1.82, 2.24) is 4.90 Å². The topological polar surface area (TPSA) is 70.0 Å². The van der Waals surface area contributed by atoms with Gasteiger partial charge in [-0.25, -0.2) is 9.18 Å². The maximum Gasteiger partial charge on any atom is 0.338 e. The van der Waals surface area contributed by atoms with Gasteiger partial charge < -0.3 is 19.8 Å². The van der Waals surface area contributed by atoms with Gasteiger partial charge in [0.2, 0.25) is 0 Å². The molecule has 0 saturated heterocycles. The van der Waals surface area contributed by atoms with Crippen LogP contribution >= 0.6 is 0 Å². The summed E-state index contributed by atoms with van der Waals surface area (Å²) in [6.45, 7) is 0.522. The summed E-state index contributed by atoms with van der Waals surface area (Å²) in [6, 6.07) is 19.8. The highest BCUT2D eigenvalue weighted by Crippen LogP contribution is 2.37. The number of ether oxygens (including phenoxy) is 1. The Kier molecular flexibility index (Phi) is 8.33. The lowest BCUT2D eigenvalue weighted by Crippen LogP contribution is -2.30. The smallest absolute Gasteiger partial charge is 0.338 e. The Morgan fingerprint density at radius 2 is 1.73 bits per heavy atom. The van der Waals surface area contributed by atoms with Crippen LogP contribution in [0.25, 0.3) is 0 Å². The van der Waals surface area contributed by atoms with Crippen molar-refractivity contribution in [2.24, 2.45) is 0 Å². The molecule has 0 saturated carbocycles. The van der Waals surface area contributed by atoms with E-state index in [1.54, 1.807) is 30.3 Å². The summed E-state index contributed by atoms with van der Waals surface area (Å²) in [5.41, 5.74) is 1.13. The number of rotatable bonds is 10. The molecule has 0 aliphatic heterocycles. The number of aliphatic hydroxyl groups is 2. The van der Waals surface area contributed by atoms with Crippen molar-refractivity contribution in [3.05, 3.63) is 106 Å². The Balaban J connectivity index is 1.89. The van der Waals surface area contributed by atoms with Gasteiger partial charge in [-0.15, -0.1) is 0 Å². The zero-order valence-electron chi connectivity index (χ0n) is 19.0. The van der Waals surface area contributed by atoms with Crippen LogP contribution in [0.15, 0.2) is 72.8 Å². The second-order valence-corrected chi connectivity index (χ2v) is 8.37. The standard InChI is InChI=1S/C27H30FNO4/c1-29(2)16-6-15-27(32,23-10-12-24(28)13-11-23)25-14-9-21(17-22(25)18-30)26(31)33-19-20-7-4-3-5-8-20/h3-5,7-14,17,30,32H,6,15-16,18-19H2,1-2H3. The third kappa shape index (κ3) is 6.26. The fourth-order valence-corrected chi connectivity index (χ4v) is 3.87. The predicted octanol–water partition coefficient (Wildman–Crippen LogP) is 4.25. The summed E-state index contributed by atoms with van der Waals surface area (Å²) in [7, 11) is 3.90. The number of hydrogen-bond acceptors (Lipinski definition) is 5. The highest BCUT2D eigenvalue weighted by Gasteiger charge is 2.33. The molecule has 0 spiro atoms. The Bertz CT molecular complexity index is 1050. The summed E-state index contributed by atoms with van der Waals surface area (Å²) in [5, 5.41) is 21.9. The quantitative estimate of drug-likeness (QED) is 0.451. The fraction of sp³-hybridized carbons (Fsp3) is 0.296. The van der Waals surface area contributed by atoms with Gasteiger partial charge >= 0.3 is 5.97 Å². The van der Waals surface area contributed by atoms with Crippen LogP contribution in [0.1, 0.15) is 45.5 Å². The largest absolute Gasteiger partial charge is 0.457 e. The van der Waals surface area contributed by atoms with Gasteiger partial charge in [0.1, 0.15) is 18.0 Å². The van der Waals surface area contributed by atoms with Crippen LogP contribution in [0.5, 0.6) is 0 Å². The van der Waals surface area contributed by atoms with Crippen LogP contribution in [0.2, 0.25) is 0 Å². The molecule has 3 rings (SSSR count). The van der Waals surface area contributed by atoms with Crippen molar-refractivity contribution in [2.75, 3.05) is 20.6 Å². The predicted molar refractivity (Wildman–Crippen MR) is 125 cm³/mol. The molecule has 0 bridgehead atoms. The zero-order chi connectivity index (χ0) is 23.8. The summed E-state index contributed by atoms with van der Waals surface area (Å²) in [5.74, 6) is -0.911. The van der Waals surface area contributed by atoms with E-state index < -0.39 is 17.4 Å². The lowest BCUT2D eigenvalue weighted by atomic mass is 9.80. The average Bonchev–Trinajstić information content (AvgIpc) is 2.82. The number of esters is 1.